The predicted molar refractivity (Wildman–Crippen MR) is 250 cm³/mol. The summed E-state index contributed by atoms with van der Waals surface area (Å²) in [5.74, 6) is -0.504. The van der Waals surface area contributed by atoms with Gasteiger partial charge in [-0.3, -0.25) is 9.97 Å². The molecule has 61 heavy (non-hydrogen) atoms. The number of aromatic hydroxyl groups is 1. The van der Waals surface area contributed by atoms with E-state index in [1.54, 1.807) is 12.4 Å². The maximum atomic E-state index is 12.0. The Kier molecular flexibility index (Phi) is 9.88. The Bertz CT molecular complexity index is 3030. The lowest BCUT2D eigenvalue weighted by Crippen LogP contribution is -2.19. The highest BCUT2D eigenvalue weighted by molar-refractivity contribution is 5.97. The van der Waals surface area contributed by atoms with Crippen molar-refractivity contribution in [1.29, 1.82) is 0 Å². The van der Waals surface area contributed by atoms with Gasteiger partial charge in [0.05, 0.1) is 11.3 Å². The SMILES string of the molecule is [2H]C(C)(c1ccncc1)c1ccc(-c2cc(-c3cc(-c4ccccc4)cc4oc(-c5cc(-c6ccccc6)cc(C(C)(C)C)c5O)nc34)cc(C(C)(C)c3ccccc3)c2)nc1. The van der Waals surface area contributed by atoms with Crippen molar-refractivity contribution in [2.24, 2.45) is 0 Å². The van der Waals surface area contributed by atoms with Crippen molar-refractivity contribution < 1.29 is 10.9 Å². The first-order valence-corrected chi connectivity index (χ1v) is 20.8. The van der Waals surface area contributed by atoms with E-state index in [0.29, 0.717) is 22.6 Å². The van der Waals surface area contributed by atoms with Crippen molar-refractivity contribution in [1.82, 2.24) is 15.0 Å². The summed E-state index contributed by atoms with van der Waals surface area (Å²) in [6.45, 7) is 12.7. The van der Waals surface area contributed by atoms with Gasteiger partial charge in [-0.1, -0.05) is 145 Å². The van der Waals surface area contributed by atoms with E-state index in [9.17, 15) is 6.48 Å². The Morgan fingerprint density at radius 3 is 1.80 bits per heavy atom. The number of oxazole rings is 1. The molecule has 1 unspecified atom stereocenters. The van der Waals surface area contributed by atoms with E-state index in [1.807, 2.05) is 92.0 Å². The van der Waals surface area contributed by atoms with Crippen LogP contribution in [0.3, 0.4) is 0 Å². The van der Waals surface area contributed by atoms with E-state index >= 15 is 0 Å². The number of nitrogens with zero attached hydrogens (tertiary/aromatic N) is 3. The van der Waals surface area contributed by atoms with Gasteiger partial charge in [0.25, 0.3) is 0 Å². The number of hydrogen-bond acceptors (Lipinski definition) is 5. The van der Waals surface area contributed by atoms with Crippen LogP contribution in [-0.4, -0.2) is 20.1 Å². The Hall–Kier alpha value is -7.11. The summed E-state index contributed by atoms with van der Waals surface area (Å²) < 4.78 is 16.1. The minimum absolute atomic E-state index is 0.157. The summed E-state index contributed by atoms with van der Waals surface area (Å²) in [7, 11) is 0. The average molecular weight is 797 g/mol. The van der Waals surface area contributed by atoms with E-state index in [-0.39, 0.29) is 16.6 Å². The molecule has 0 aliphatic rings. The second-order valence-electron chi connectivity index (χ2n) is 17.4. The van der Waals surface area contributed by atoms with Crippen LogP contribution in [0.5, 0.6) is 5.75 Å². The monoisotopic (exact) mass is 796 g/mol. The molecule has 1 N–H and O–H groups in total. The van der Waals surface area contributed by atoms with Crippen LogP contribution in [0, 0.1) is 0 Å². The van der Waals surface area contributed by atoms with Crippen LogP contribution >= 0.6 is 0 Å². The second-order valence-corrected chi connectivity index (χ2v) is 17.4. The maximum Gasteiger partial charge on any atom is 0.231 e. The number of phenols is 1. The first-order valence-electron chi connectivity index (χ1n) is 21.3. The van der Waals surface area contributed by atoms with Crippen molar-refractivity contribution >= 4 is 11.1 Å². The molecule has 9 rings (SSSR count). The first-order chi connectivity index (χ1) is 29.8. The number of benzene rings is 6. The highest BCUT2D eigenvalue weighted by Crippen LogP contribution is 2.45. The van der Waals surface area contributed by atoms with Gasteiger partial charge in [-0.25, -0.2) is 4.98 Å². The number of pyridine rings is 2. The summed E-state index contributed by atoms with van der Waals surface area (Å²) in [6.07, 6.45) is 5.26. The van der Waals surface area contributed by atoms with Crippen LogP contribution in [-0.2, 0) is 10.8 Å². The molecule has 0 amide bonds. The Morgan fingerprint density at radius 2 is 1.18 bits per heavy atom. The zero-order chi connectivity index (χ0) is 43.2. The molecule has 0 bridgehead atoms. The molecule has 5 heteroatoms. The van der Waals surface area contributed by atoms with Crippen molar-refractivity contribution in [3.8, 4) is 61.8 Å². The summed E-state index contributed by atoms with van der Waals surface area (Å²) >= 11 is 0. The van der Waals surface area contributed by atoms with E-state index in [2.05, 4.69) is 118 Å². The molecule has 0 fully saturated rings. The van der Waals surface area contributed by atoms with Gasteiger partial charge in [0.1, 0.15) is 11.3 Å². The molecule has 6 aromatic carbocycles. The molecule has 3 aromatic heterocycles. The number of rotatable bonds is 9. The predicted octanol–water partition coefficient (Wildman–Crippen LogP) is 14.4. The van der Waals surface area contributed by atoms with Crippen LogP contribution in [0.2, 0.25) is 0 Å². The number of aromatic nitrogens is 3. The molecule has 0 saturated carbocycles. The van der Waals surface area contributed by atoms with Crippen LogP contribution < -0.4 is 0 Å². The Labute approximate surface area is 359 Å². The molecular formula is C56H49N3O2. The van der Waals surface area contributed by atoms with Crippen molar-refractivity contribution in [3.05, 3.63) is 204 Å². The third-order valence-corrected chi connectivity index (χ3v) is 11.9. The highest BCUT2D eigenvalue weighted by atomic mass is 16.3. The highest BCUT2D eigenvalue weighted by Gasteiger charge is 2.28. The van der Waals surface area contributed by atoms with Crippen LogP contribution in [0.25, 0.3) is 67.2 Å². The minimum atomic E-state index is -1.01. The number of phenolic OH excluding ortho intramolecular Hbond substituents is 1. The smallest absolute Gasteiger partial charge is 0.231 e. The van der Waals surface area contributed by atoms with Gasteiger partial charge < -0.3 is 9.52 Å². The van der Waals surface area contributed by atoms with E-state index < -0.39 is 5.89 Å². The van der Waals surface area contributed by atoms with Gasteiger partial charge in [0.2, 0.25) is 5.89 Å². The molecule has 0 spiro atoms. The van der Waals surface area contributed by atoms with Crippen LogP contribution in [0.15, 0.2) is 181 Å². The zero-order valence-corrected chi connectivity index (χ0v) is 35.4. The summed E-state index contributed by atoms with van der Waals surface area (Å²) in [4.78, 5) is 14.4. The minimum Gasteiger partial charge on any atom is -0.507 e. The van der Waals surface area contributed by atoms with Gasteiger partial charge in [-0.05, 0) is 110 Å². The first kappa shape index (κ1) is 38.1. The molecule has 9 aromatic rings. The van der Waals surface area contributed by atoms with Crippen molar-refractivity contribution in [2.45, 2.75) is 58.3 Å². The van der Waals surface area contributed by atoms with Crippen molar-refractivity contribution in [3.63, 3.8) is 0 Å². The topological polar surface area (TPSA) is 72.0 Å². The fourth-order valence-corrected chi connectivity index (χ4v) is 8.20. The number of fused-ring (bicyclic) bond motifs is 1. The van der Waals surface area contributed by atoms with Crippen LogP contribution in [0.1, 0.15) is 76.6 Å². The molecule has 0 saturated heterocycles. The molecule has 1 atom stereocenters. The zero-order valence-electron chi connectivity index (χ0n) is 36.4. The normalized spacial score (nSPS) is 13.2. The largest absolute Gasteiger partial charge is 0.507 e. The summed E-state index contributed by atoms with van der Waals surface area (Å²) in [6, 6.07) is 53.8. The van der Waals surface area contributed by atoms with Crippen LogP contribution in [0.4, 0.5) is 0 Å². The molecular weight excluding hydrogens is 747 g/mol. The molecule has 0 aliphatic carbocycles. The van der Waals surface area contributed by atoms with Gasteiger partial charge in [0.15, 0.2) is 5.58 Å². The molecule has 5 nitrogen and oxygen atoms in total. The standard InChI is InChI=1S/C56H49N3O2/c1-36(37-24-26-57-27-25-37)40-22-23-50(58-35-40)44-28-43(29-46(30-44)56(5,6)45-20-14-9-15-21-45)47-31-42(39-18-12-8-13-19-39)34-51-52(47)59-54(61-51)48-32-41(38-16-10-7-11-17-38)33-49(53(48)60)55(2,3)4/h7-36,60H,1-6H3/i36D. The molecule has 3 heterocycles. The van der Waals surface area contributed by atoms with Gasteiger partial charge >= 0.3 is 0 Å². The Balaban J connectivity index is 1.27. The van der Waals surface area contributed by atoms with Gasteiger partial charge in [-0.2, -0.15) is 0 Å². The van der Waals surface area contributed by atoms with Crippen molar-refractivity contribution in [2.75, 3.05) is 0 Å². The molecule has 0 aliphatic heterocycles. The lowest BCUT2D eigenvalue weighted by molar-refractivity contribution is 0.446. The van der Waals surface area contributed by atoms with E-state index in [4.69, 9.17) is 14.4 Å². The fraction of sp³-hybridized carbons (Fsp3) is 0.161. The van der Waals surface area contributed by atoms with E-state index in [1.165, 1.54) is 5.56 Å². The third-order valence-electron chi connectivity index (χ3n) is 11.9. The second kappa shape index (κ2) is 15.8. The van der Waals surface area contributed by atoms with Gasteiger partial charge in [-0.15, -0.1) is 0 Å². The van der Waals surface area contributed by atoms with Gasteiger partial charge in [0, 0.05) is 48.0 Å². The number of hydrogen-bond donors (Lipinski definition) is 1. The maximum absolute atomic E-state index is 12.0. The van der Waals surface area contributed by atoms with E-state index in [0.717, 1.165) is 66.9 Å². The summed E-state index contributed by atoms with van der Waals surface area (Å²) in [5, 5.41) is 12.0. The molecule has 300 valence electrons. The third kappa shape index (κ3) is 7.76. The quantitative estimate of drug-likeness (QED) is 0.157. The Morgan fingerprint density at radius 1 is 0.574 bits per heavy atom. The summed E-state index contributed by atoms with van der Waals surface area (Å²) in [5.41, 5.74) is 13.5. The molecule has 0 radical (unpaired) electrons. The lowest BCUT2D eigenvalue weighted by atomic mass is 9.76. The average Bonchev–Trinajstić information content (AvgIpc) is 3.73. The lowest BCUT2D eigenvalue weighted by Gasteiger charge is -2.27. The fourth-order valence-electron chi connectivity index (χ4n) is 8.20.